The van der Waals surface area contributed by atoms with E-state index in [0.29, 0.717) is 19.3 Å². The zero-order valence-electron chi connectivity index (χ0n) is 26.4. The second kappa shape index (κ2) is 19.4. The van der Waals surface area contributed by atoms with Crippen LogP contribution in [-0.4, -0.2) is 96.4 Å². The van der Waals surface area contributed by atoms with Crippen LogP contribution in [0.15, 0.2) is 4.99 Å². The molecular weight excluding hydrogens is 574 g/mol. The first kappa shape index (κ1) is 38.1. The van der Waals surface area contributed by atoms with Gasteiger partial charge in [0, 0.05) is 6.54 Å². The van der Waals surface area contributed by atoms with Gasteiger partial charge in [-0.3, -0.25) is 29.0 Å². The van der Waals surface area contributed by atoms with Crippen molar-refractivity contribution in [2.75, 3.05) is 19.6 Å². The molecule has 0 spiro atoms. The van der Waals surface area contributed by atoms with E-state index in [0.717, 1.165) is 13.0 Å². The molecule has 0 aromatic heterocycles. The van der Waals surface area contributed by atoms with Gasteiger partial charge in [0.1, 0.15) is 24.2 Å². The van der Waals surface area contributed by atoms with Crippen molar-refractivity contribution in [2.45, 2.75) is 103 Å². The summed E-state index contributed by atoms with van der Waals surface area (Å²) in [4.78, 5) is 79.3. The third-order valence-electron chi connectivity index (χ3n) is 6.81. The highest BCUT2D eigenvalue weighted by Crippen LogP contribution is 2.09. The number of carbonyl (C=O) groups excluding carboxylic acids is 5. The normalized spacial score (nSPS) is 17.1. The Morgan fingerprint density at radius 3 is 1.98 bits per heavy atom. The molecule has 44 heavy (non-hydrogen) atoms. The average Bonchev–Trinajstić information content (AvgIpc) is 3.47. The van der Waals surface area contributed by atoms with E-state index in [4.69, 9.17) is 11.5 Å². The largest absolute Gasteiger partial charge is 0.480 e. The predicted molar refractivity (Wildman–Crippen MR) is 164 cm³/mol. The van der Waals surface area contributed by atoms with E-state index in [9.17, 15) is 33.9 Å². The van der Waals surface area contributed by atoms with Crippen molar-refractivity contribution >= 4 is 41.5 Å². The van der Waals surface area contributed by atoms with Crippen molar-refractivity contribution in [3.05, 3.63) is 0 Å². The molecule has 0 aliphatic carbocycles. The van der Waals surface area contributed by atoms with E-state index in [1.54, 1.807) is 0 Å². The Labute approximate surface area is 258 Å². The Balaban J connectivity index is 2.73. The summed E-state index contributed by atoms with van der Waals surface area (Å²) in [7, 11) is 0. The van der Waals surface area contributed by atoms with Gasteiger partial charge in [0.25, 0.3) is 0 Å². The number of guanidine groups is 1. The SMILES string of the molecule is CC(C)C[C@H](NC(=O)CNC(=O)[C@H](CC(C)C)NC(=O)[C@@H]1CCCN1)C(=O)N[C@@H](C)C(=O)N[C@@H](CCCN=C(N)N)C(=O)O. The first-order valence-electron chi connectivity index (χ1n) is 15.1. The molecule has 11 N–H and O–H groups in total. The van der Waals surface area contributed by atoms with Gasteiger partial charge >= 0.3 is 5.97 Å². The zero-order chi connectivity index (χ0) is 33.4. The molecule has 1 saturated heterocycles. The molecule has 0 aromatic carbocycles. The summed E-state index contributed by atoms with van der Waals surface area (Å²) in [6.07, 6.45) is 2.54. The highest BCUT2D eigenvalue weighted by molar-refractivity contribution is 5.95. The minimum absolute atomic E-state index is 0.0128. The maximum Gasteiger partial charge on any atom is 0.326 e. The number of nitrogens with one attached hydrogen (secondary N) is 6. The second-order valence-corrected chi connectivity index (χ2v) is 11.9. The van der Waals surface area contributed by atoms with E-state index >= 15 is 0 Å². The van der Waals surface area contributed by atoms with Gasteiger partial charge in [-0.1, -0.05) is 27.7 Å². The quantitative estimate of drug-likeness (QED) is 0.0435. The number of hydrogen-bond acceptors (Lipinski definition) is 8. The minimum atomic E-state index is -1.25. The van der Waals surface area contributed by atoms with Crippen molar-refractivity contribution < 1.29 is 33.9 Å². The summed E-state index contributed by atoms with van der Waals surface area (Å²) in [5, 5.41) is 25.3. The Bertz CT molecular complexity index is 1020. The Hall–Kier alpha value is -3.95. The van der Waals surface area contributed by atoms with Gasteiger partial charge in [0.05, 0.1) is 12.6 Å². The number of aliphatic imine (C=N–C) groups is 1. The fourth-order valence-corrected chi connectivity index (χ4v) is 4.56. The third kappa shape index (κ3) is 15.0. The standard InChI is InChI=1S/C28H51N9O7/c1-15(2)12-20(37-25(41)18-8-6-10-31-18)24(40)33-14-22(38)35-21(13-16(3)4)26(42)34-17(5)23(39)36-19(27(43)44)9-7-11-32-28(29)30/h15-21,31H,6-14H2,1-5H3,(H,33,40)(H,34,42)(H,35,38)(H,36,39)(H,37,41)(H,43,44)(H4,29,30,32)/t17-,18-,19-,20-,21-/m0/s1. The van der Waals surface area contributed by atoms with Gasteiger partial charge < -0.3 is 48.5 Å². The lowest BCUT2D eigenvalue weighted by Crippen LogP contribution is -2.56. The lowest BCUT2D eigenvalue weighted by atomic mass is 10.0. The van der Waals surface area contributed by atoms with Crippen LogP contribution in [0.1, 0.15) is 73.1 Å². The van der Waals surface area contributed by atoms with Crippen LogP contribution in [0.3, 0.4) is 0 Å². The van der Waals surface area contributed by atoms with E-state index < -0.39 is 60.3 Å². The van der Waals surface area contributed by atoms with Crippen LogP contribution in [0.25, 0.3) is 0 Å². The van der Waals surface area contributed by atoms with Gasteiger partial charge in [-0.2, -0.15) is 0 Å². The molecule has 16 nitrogen and oxygen atoms in total. The minimum Gasteiger partial charge on any atom is -0.480 e. The number of rotatable bonds is 19. The molecule has 1 heterocycles. The van der Waals surface area contributed by atoms with Crippen LogP contribution >= 0.6 is 0 Å². The van der Waals surface area contributed by atoms with E-state index in [1.807, 2.05) is 27.7 Å². The molecule has 16 heteroatoms. The molecular formula is C28H51N9O7. The highest BCUT2D eigenvalue weighted by Gasteiger charge is 2.30. The van der Waals surface area contributed by atoms with Crippen molar-refractivity contribution in [3.63, 3.8) is 0 Å². The zero-order valence-corrected chi connectivity index (χ0v) is 26.4. The third-order valence-corrected chi connectivity index (χ3v) is 6.81. The fourth-order valence-electron chi connectivity index (χ4n) is 4.56. The molecule has 0 bridgehead atoms. The second-order valence-electron chi connectivity index (χ2n) is 11.9. The number of nitrogens with two attached hydrogens (primary N) is 2. The van der Waals surface area contributed by atoms with Gasteiger partial charge in [-0.15, -0.1) is 0 Å². The molecule has 1 fully saturated rings. The maximum absolute atomic E-state index is 13.0. The molecule has 0 aromatic rings. The summed E-state index contributed by atoms with van der Waals surface area (Å²) < 4.78 is 0. The molecule has 1 aliphatic heterocycles. The Morgan fingerprint density at radius 2 is 1.45 bits per heavy atom. The summed E-state index contributed by atoms with van der Waals surface area (Å²) in [5.74, 6) is -4.06. The van der Waals surface area contributed by atoms with E-state index in [1.165, 1.54) is 6.92 Å². The smallest absolute Gasteiger partial charge is 0.326 e. The predicted octanol–water partition coefficient (Wildman–Crippen LogP) is -1.96. The number of aliphatic carboxylic acids is 1. The summed E-state index contributed by atoms with van der Waals surface area (Å²) in [6.45, 7) is 9.42. The van der Waals surface area contributed by atoms with Gasteiger partial charge in [0.15, 0.2) is 5.96 Å². The summed E-state index contributed by atoms with van der Waals surface area (Å²) in [6, 6.07) is -4.53. The number of amides is 5. The molecule has 1 rings (SSSR count). The number of nitrogens with zero attached hydrogens (tertiary/aromatic N) is 1. The first-order valence-corrected chi connectivity index (χ1v) is 15.1. The van der Waals surface area contributed by atoms with Crippen molar-refractivity contribution in [2.24, 2.45) is 28.3 Å². The maximum atomic E-state index is 13.0. The monoisotopic (exact) mass is 625 g/mol. The average molecular weight is 626 g/mol. The molecule has 5 amide bonds. The molecule has 1 aliphatic rings. The fraction of sp³-hybridized carbons (Fsp3) is 0.750. The van der Waals surface area contributed by atoms with Crippen LogP contribution in [0.4, 0.5) is 0 Å². The first-order chi connectivity index (χ1) is 20.6. The van der Waals surface area contributed by atoms with Crippen LogP contribution in [0, 0.1) is 11.8 Å². The van der Waals surface area contributed by atoms with Crippen LogP contribution in [0.5, 0.6) is 0 Å². The number of carboxylic acids is 1. The van der Waals surface area contributed by atoms with Crippen molar-refractivity contribution in [3.8, 4) is 0 Å². The van der Waals surface area contributed by atoms with Crippen LogP contribution in [0.2, 0.25) is 0 Å². The molecule has 0 radical (unpaired) electrons. The van der Waals surface area contributed by atoms with Crippen molar-refractivity contribution in [1.82, 2.24) is 31.9 Å². The Morgan fingerprint density at radius 1 is 0.841 bits per heavy atom. The van der Waals surface area contributed by atoms with E-state index in [2.05, 4.69) is 36.9 Å². The number of carboxylic acid groups (broad SMARTS) is 1. The van der Waals surface area contributed by atoms with Gasteiger partial charge in [0.2, 0.25) is 29.5 Å². The summed E-state index contributed by atoms with van der Waals surface area (Å²) in [5.41, 5.74) is 10.5. The lowest BCUT2D eigenvalue weighted by Gasteiger charge is -2.24. The van der Waals surface area contributed by atoms with Crippen molar-refractivity contribution in [1.29, 1.82) is 0 Å². The van der Waals surface area contributed by atoms with Crippen LogP contribution in [-0.2, 0) is 28.8 Å². The van der Waals surface area contributed by atoms with Gasteiger partial charge in [-0.05, 0) is 63.8 Å². The highest BCUT2D eigenvalue weighted by atomic mass is 16.4. The molecule has 250 valence electrons. The molecule has 5 atom stereocenters. The Kier molecular flexibility index (Phi) is 16.7. The number of hydrogen-bond donors (Lipinski definition) is 9. The molecule has 0 unspecified atom stereocenters. The topological polar surface area (TPSA) is 259 Å². The lowest BCUT2D eigenvalue weighted by molar-refractivity contribution is -0.142. The van der Waals surface area contributed by atoms with Crippen LogP contribution < -0.4 is 43.4 Å². The summed E-state index contributed by atoms with van der Waals surface area (Å²) >= 11 is 0. The molecule has 0 saturated carbocycles. The van der Waals surface area contributed by atoms with E-state index in [-0.39, 0.29) is 49.1 Å². The number of carbonyl (C=O) groups is 6. The van der Waals surface area contributed by atoms with Gasteiger partial charge in [-0.25, -0.2) is 4.79 Å².